The van der Waals surface area contributed by atoms with Crippen LogP contribution in [0.5, 0.6) is 0 Å². The summed E-state index contributed by atoms with van der Waals surface area (Å²) in [6, 6.07) is 0. The molecule has 0 amide bonds. The Hall–Kier alpha value is -0.790. The second-order valence-electron chi connectivity index (χ2n) is 4.11. The zero-order valence-electron chi connectivity index (χ0n) is 8.62. The average Bonchev–Trinajstić information content (AvgIpc) is 2.10. The number of carbonyl (C=O) groups is 1. The number of esters is 1. The minimum Gasteiger partial charge on any atom is -0.461 e. The van der Waals surface area contributed by atoms with E-state index in [0.29, 0.717) is 5.92 Å². The summed E-state index contributed by atoms with van der Waals surface area (Å²) in [7, 11) is 0. The average molecular weight is 182 g/mol. The summed E-state index contributed by atoms with van der Waals surface area (Å²) in [5, 5.41) is 0. The summed E-state index contributed by atoms with van der Waals surface area (Å²) in [5.74, 6) is 0.701. The standard InChI is InChI=1S/C11H18O2/c1-5-7(2)10-8(3)6-9(4)11(12)13-10/h5,7-10H,1,6H2,2-4H3/t7?,8-,9-,10?/m1/s1. The van der Waals surface area contributed by atoms with Gasteiger partial charge in [-0.1, -0.05) is 26.8 Å². The van der Waals surface area contributed by atoms with Gasteiger partial charge in [-0.15, -0.1) is 6.58 Å². The van der Waals surface area contributed by atoms with E-state index in [4.69, 9.17) is 4.74 Å². The largest absolute Gasteiger partial charge is 0.461 e. The predicted octanol–water partition coefficient (Wildman–Crippen LogP) is 2.40. The summed E-state index contributed by atoms with van der Waals surface area (Å²) in [6.07, 6.45) is 2.81. The second kappa shape index (κ2) is 3.95. The molecule has 1 aliphatic rings. The first kappa shape index (κ1) is 10.3. The van der Waals surface area contributed by atoms with E-state index in [1.54, 1.807) is 0 Å². The third kappa shape index (κ3) is 2.11. The monoisotopic (exact) mass is 182 g/mol. The fraction of sp³-hybridized carbons (Fsp3) is 0.727. The van der Waals surface area contributed by atoms with Gasteiger partial charge in [0.1, 0.15) is 6.10 Å². The van der Waals surface area contributed by atoms with Gasteiger partial charge in [-0.05, 0) is 12.3 Å². The maximum absolute atomic E-state index is 11.3. The molecule has 0 aromatic carbocycles. The van der Waals surface area contributed by atoms with Gasteiger partial charge in [-0.2, -0.15) is 0 Å². The van der Waals surface area contributed by atoms with Crippen molar-refractivity contribution < 1.29 is 9.53 Å². The molecule has 1 rings (SSSR count). The van der Waals surface area contributed by atoms with Gasteiger partial charge in [0.2, 0.25) is 0 Å². The summed E-state index contributed by atoms with van der Waals surface area (Å²) in [6.45, 7) is 9.82. The van der Waals surface area contributed by atoms with Crippen LogP contribution in [0.1, 0.15) is 27.2 Å². The van der Waals surface area contributed by atoms with Crippen LogP contribution in [-0.2, 0) is 9.53 Å². The van der Waals surface area contributed by atoms with E-state index in [0.717, 1.165) is 6.42 Å². The van der Waals surface area contributed by atoms with Gasteiger partial charge in [0.25, 0.3) is 0 Å². The molecule has 13 heavy (non-hydrogen) atoms. The number of ether oxygens (including phenoxy) is 1. The van der Waals surface area contributed by atoms with Crippen molar-refractivity contribution in [1.82, 2.24) is 0 Å². The van der Waals surface area contributed by atoms with Gasteiger partial charge in [0.15, 0.2) is 0 Å². The normalized spacial score (nSPS) is 36.5. The van der Waals surface area contributed by atoms with Crippen molar-refractivity contribution in [2.24, 2.45) is 17.8 Å². The first-order valence-electron chi connectivity index (χ1n) is 4.89. The van der Waals surface area contributed by atoms with Gasteiger partial charge < -0.3 is 4.74 Å². The Labute approximate surface area is 80.0 Å². The first-order chi connectivity index (χ1) is 6.06. The lowest BCUT2D eigenvalue weighted by molar-refractivity contribution is -0.166. The molecule has 2 unspecified atom stereocenters. The molecule has 0 radical (unpaired) electrons. The van der Waals surface area contributed by atoms with Crippen molar-refractivity contribution in [2.75, 3.05) is 0 Å². The van der Waals surface area contributed by atoms with E-state index in [9.17, 15) is 4.79 Å². The number of hydrogen-bond donors (Lipinski definition) is 0. The molecule has 2 heteroatoms. The fourth-order valence-electron chi connectivity index (χ4n) is 1.91. The summed E-state index contributed by atoms with van der Waals surface area (Å²) >= 11 is 0. The third-order valence-corrected chi connectivity index (χ3v) is 2.83. The molecule has 0 bridgehead atoms. The quantitative estimate of drug-likeness (QED) is 0.484. The van der Waals surface area contributed by atoms with Gasteiger partial charge in [-0.25, -0.2) is 0 Å². The lowest BCUT2D eigenvalue weighted by atomic mass is 9.84. The minimum absolute atomic E-state index is 0.0289. The van der Waals surface area contributed by atoms with Crippen LogP contribution in [0.2, 0.25) is 0 Å². The van der Waals surface area contributed by atoms with Crippen LogP contribution >= 0.6 is 0 Å². The van der Waals surface area contributed by atoms with Crippen molar-refractivity contribution in [3.05, 3.63) is 12.7 Å². The van der Waals surface area contributed by atoms with Gasteiger partial charge >= 0.3 is 5.97 Å². The van der Waals surface area contributed by atoms with Crippen molar-refractivity contribution in [3.8, 4) is 0 Å². The molecule has 2 nitrogen and oxygen atoms in total. The maximum Gasteiger partial charge on any atom is 0.308 e. The van der Waals surface area contributed by atoms with Gasteiger partial charge in [0, 0.05) is 5.92 Å². The zero-order valence-corrected chi connectivity index (χ0v) is 8.62. The molecule has 0 spiro atoms. The van der Waals surface area contributed by atoms with Gasteiger partial charge in [-0.3, -0.25) is 4.79 Å². The van der Waals surface area contributed by atoms with E-state index >= 15 is 0 Å². The van der Waals surface area contributed by atoms with Crippen LogP contribution in [0.3, 0.4) is 0 Å². The Morgan fingerprint density at radius 1 is 1.62 bits per heavy atom. The van der Waals surface area contributed by atoms with Crippen molar-refractivity contribution in [3.63, 3.8) is 0 Å². The first-order valence-corrected chi connectivity index (χ1v) is 4.89. The highest BCUT2D eigenvalue weighted by atomic mass is 16.5. The van der Waals surface area contributed by atoms with Crippen LogP contribution in [0.4, 0.5) is 0 Å². The van der Waals surface area contributed by atoms with E-state index in [2.05, 4.69) is 13.5 Å². The van der Waals surface area contributed by atoms with Crippen LogP contribution in [-0.4, -0.2) is 12.1 Å². The lowest BCUT2D eigenvalue weighted by Crippen LogP contribution is -2.39. The Morgan fingerprint density at radius 2 is 2.23 bits per heavy atom. The Morgan fingerprint density at radius 3 is 2.77 bits per heavy atom. The molecule has 74 valence electrons. The molecule has 0 saturated carbocycles. The van der Waals surface area contributed by atoms with E-state index in [1.807, 2.05) is 19.9 Å². The highest BCUT2D eigenvalue weighted by Crippen LogP contribution is 2.30. The Bertz CT molecular complexity index is 210. The fourth-order valence-corrected chi connectivity index (χ4v) is 1.91. The smallest absolute Gasteiger partial charge is 0.308 e. The van der Waals surface area contributed by atoms with Crippen LogP contribution in [0, 0.1) is 17.8 Å². The summed E-state index contributed by atoms with van der Waals surface area (Å²) in [4.78, 5) is 11.3. The number of hydrogen-bond acceptors (Lipinski definition) is 2. The van der Waals surface area contributed by atoms with Crippen molar-refractivity contribution in [2.45, 2.75) is 33.3 Å². The zero-order chi connectivity index (χ0) is 10.0. The van der Waals surface area contributed by atoms with Crippen LogP contribution in [0.15, 0.2) is 12.7 Å². The molecule has 0 aliphatic carbocycles. The maximum atomic E-state index is 11.3. The minimum atomic E-state index is -0.0585. The summed E-state index contributed by atoms with van der Waals surface area (Å²) < 4.78 is 5.35. The van der Waals surface area contributed by atoms with E-state index < -0.39 is 0 Å². The van der Waals surface area contributed by atoms with Crippen molar-refractivity contribution >= 4 is 5.97 Å². The molecular weight excluding hydrogens is 164 g/mol. The summed E-state index contributed by atoms with van der Waals surface area (Å²) in [5.41, 5.74) is 0. The highest BCUT2D eigenvalue weighted by molar-refractivity contribution is 5.73. The molecule has 0 N–H and O–H groups in total. The van der Waals surface area contributed by atoms with Crippen LogP contribution in [0.25, 0.3) is 0 Å². The van der Waals surface area contributed by atoms with E-state index in [-0.39, 0.29) is 23.9 Å². The molecule has 0 aromatic rings. The molecule has 1 saturated heterocycles. The second-order valence-corrected chi connectivity index (χ2v) is 4.11. The molecule has 4 atom stereocenters. The molecule has 1 aliphatic heterocycles. The number of cyclic esters (lactones) is 1. The van der Waals surface area contributed by atoms with Gasteiger partial charge in [0.05, 0.1) is 5.92 Å². The molecular formula is C11H18O2. The Balaban J connectivity index is 2.66. The molecule has 1 fully saturated rings. The topological polar surface area (TPSA) is 26.3 Å². The molecule has 0 aromatic heterocycles. The van der Waals surface area contributed by atoms with Crippen molar-refractivity contribution in [1.29, 1.82) is 0 Å². The Kier molecular flexibility index (Phi) is 3.12. The predicted molar refractivity (Wildman–Crippen MR) is 52.2 cm³/mol. The van der Waals surface area contributed by atoms with Crippen LogP contribution < -0.4 is 0 Å². The molecule has 1 heterocycles. The number of carbonyl (C=O) groups excluding carboxylic acids is 1. The SMILES string of the molecule is C=CC(C)C1OC(=O)[C@H](C)C[C@H]1C. The van der Waals surface area contributed by atoms with E-state index in [1.165, 1.54) is 0 Å². The highest BCUT2D eigenvalue weighted by Gasteiger charge is 2.34. The third-order valence-electron chi connectivity index (χ3n) is 2.83. The lowest BCUT2D eigenvalue weighted by Gasteiger charge is -2.34. The number of rotatable bonds is 2.